The summed E-state index contributed by atoms with van der Waals surface area (Å²) in [7, 11) is 0. The smallest absolute Gasteiger partial charge is 0.127 e. The number of rotatable bonds is 4. The third-order valence-corrected chi connectivity index (χ3v) is 3.25. The van der Waals surface area contributed by atoms with Crippen LogP contribution in [0.4, 0.5) is 4.39 Å². The predicted octanol–water partition coefficient (Wildman–Crippen LogP) is 4.08. The topological polar surface area (TPSA) is 12.0 Å². The van der Waals surface area contributed by atoms with E-state index in [1.165, 1.54) is 6.07 Å². The quantitative estimate of drug-likeness (QED) is 0.877. The Morgan fingerprint density at radius 3 is 2.61 bits per heavy atom. The molecule has 0 saturated carbocycles. The number of hydrogen-bond acceptors (Lipinski definition) is 1. The fraction of sp³-hybridized carbons (Fsp3) is 0.200. The first-order valence-corrected chi connectivity index (χ1v) is 6.24. The summed E-state index contributed by atoms with van der Waals surface area (Å²) >= 11 is 6.05. The van der Waals surface area contributed by atoms with Gasteiger partial charge in [-0.1, -0.05) is 41.9 Å². The predicted molar refractivity (Wildman–Crippen MR) is 73.1 cm³/mol. The van der Waals surface area contributed by atoms with Gasteiger partial charge >= 0.3 is 0 Å². The standard InChI is InChI=1S/C15H15ClFN/c1-11-6-7-12(8-14(11)16)9-18-10-13-4-2-3-5-15(13)17/h2-8,18H,9-10H2,1H3. The highest BCUT2D eigenvalue weighted by Gasteiger charge is 2.01. The van der Waals surface area contributed by atoms with Gasteiger partial charge in [-0.2, -0.15) is 0 Å². The second-order valence-electron chi connectivity index (χ2n) is 4.28. The number of benzene rings is 2. The molecule has 0 spiro atoms. The van der Waals surface area contributed by atoms with Crippen molar-refractivity contribution in [2.24, 2.45) is 0 Å². The van der Waals surface area contributed by atoms with Crippen LogP contribution < -0.4 is 5.32 Å². The van der Waals surface area contributed by atoms with E-state index in [1.54, 1.807) is 12.1 Å². The van der Waals surface area contributed by atoms with Crippen molar-refractivity contribution in [1.29, 1.82) is 0 Å². The van der Waals surface area contributed by atoms with Gasteiger partial charge < -0.3 is 5.32 Å². The van der Waals surface area contributed by atoms with Gasteiger partial charge in [0.2, 0.25) is 0 Å². The van der Waals surface area contributed by atoms with E-state index in [9.17, 15) is 4.39 Å². The van der Waals surface area contributed by atoms with E-state index in [0.717, 1.165) is 16.1 Å². The molecule has 2 rings (SSSR count). The summed E-state index contributed by atoms with van der Waals surface area (Å²) in [6.07, 6.45) is 0. The van der Waals surface area contributed by atoms with Crippen molar-refractivity contribution in [3.63, 3.8) is 0 Å². The first-order chi connectivity index (χ1) is 8.66. The molecule has 0 aliphatic rings. The van der Waals surface area contributed by atoms with E-state index in [1.807, 2.05) is 31.2 Å². The van der Waals surface area contributed by atoms with Crippen LogP contribution >= 0.6 is 11.6 Å². The fourth-order valence-electron chi connectivity index (χ4n) is 1.73. The largest absolute Gasteiger partial charge is 0.309 e. The molecule has 0 aromatic heterocycles. The molecule has 18 heavy (non-hydrogen) atoms. The van der Waals surface area contributed by atoms with E-state index >= 15 is 0 Å². The van der Waals surface area contributed by atoms with Crippen LogP contribution in [0.5, 0.6) is 0 Å². The lowest BCUT2D eigenvalue weighted by Crippen LogP contribution is -2.13. The Balaban J connectivity index is 1.92. The van der Waals surface area contributed by atoms with Crippen molar-refractivity contribution in [1.82, 2.24) is 5.32 Å². The second-order valence-corrected chi connectivity index (χ2v) is 4.69. The molecule has 2 aromatic carbocycles. The molecule has 0 heterocycles. The van der Waals surface area contributed by atoms with Crippen molar-refractivity contribution in [3.8, 4) is 0 Å². The first kappa shape index (κ1) is 13.1. The zero-order valence-electron chi connectivity index (χ0n) is 10.2. The van der Waals surface area contributed by atoms with Gasteiger partial charge in [0.25, 0.3) is 0 Å². The Morgan fingerprint density at radius 2 is 1.89 bits per heavy atom. The number of hydrogen-bond donors (Lipinski definition) is 1. The summed E-state index contributed by atoms with van der Waals surface area (Å²) in [4.78, 5) is 0. The minimum absolute atomic E-state index is 0.174. The van der Waals surface area contributed by atoms with Gasteiger partial charge in [0.1, 0.15) is 5.82 Å². The van der Waals surface area contributed by atoms with Crippen LogP contribution in [0.1, 0.15) is 16.7 Å². The maximum Gasteiger partial charge on any atom is 0.127 e. The Morgan fingerprint density at radius 1 is 1.11 bits per heavy atom. The monoisotopic (exact) mass is 263 g/mol. The van der Waals surface area contributed by atoms with Crippen molar-refractivity contribution >= 4 is 11.6 Å². The van der Waals surface area contributed by atoms with E-state index < -0.39 is 0 Å². The van der Waals surface area contributed by atoms with Gasteiger partial charge in [-0.3, -0.25) is 0 Å². The lowest BCUT2D eigenvalue weighted by Gasteiger charge is -2.07. The number of aryl methyl sites for hydroxylation is 1. The molecule has 0 fully saturated rings. The lowest BCUT2D eigenvalue weighted by atomic mass is 10.1. The molecular weight excluding hydrogens is 249 g/mol. The van der Waals surface area contributed by atoms with Crippen molar-refractivity contribution in [2.75, 3.05) is 0 Å². The van der Waals surface area contributed by atoms with Gasteiger partial charge in [0.05, 0.1) is 0 Å². The highest BCUT2D eigenvalue weighted by molar-refractivity contribution is 6.31. The Labute approximate surface area is 112 Å². The first-order valence-electron chi connectivity index (χ1n) is 5.86. The Bertz CT molecular complexity index is 540. The Hall–Kier alpha value is -1.38. The normalized spacial score (nSPS) is 10.6. The molecular formula is C15H15ClFN. The van der Waals surface area contributed by atoms with Crippen LogP contribution in [-0.2, 0) is 13.1 Å². The summed E-state index contributed by atoms with van der Waals surface area (Å²) in [6, 6.07) is 12.7. The number of halogens is 2. The molecule has 0 amide bonds. The summed E-state index contributed by atoms with van der Waals surface area (Å²) < 4.78 is 13.4. The van der Waals surface area contributed by atoms with E-state index in [4.69, 9.17) is 11.6 Å². The van der Waals surface area contributed by atoms with Gasteiger partial charge in [0, 0.05) is 23.7 Å². The number of nitrogens with one attached hydrogen (secondary N) is 1. The molecule has 0 saturated heterocycles. The lowest BCUT2D eigenvalue weighted by molar-refractivity contribution is 0.588. The minimum atomic E-state index is -0.174. The van der Waals surface area contributed by atoms with Crippen LogP contribution in [-0.4, -0.2) is 0 Å². The van der Waals surface area contributed by atoms with E-state index in [-0.39, 0.29) is 5.82 Å². The maximum atomic E-state index is 13.4. The zero-order chi connectivity index (χ0) is 13.0. The third-order valence-electron chi connectivity index (χ3n) is 2.84. The molecule has 0 aliphatic heterocycles. The van der Waals surface area contributed by atoms with Crippen LogP contribution in [0.15, 0.2) is 42.5 Å². The van der Waals surface area contributed by atoms with Crippen LogP contribution in [0, 0.1) is 12.7 Å². The van der Waals surface area contributed by atoms with Crippen LogP contribution in [0.3, 0.4) is 0 Å². The fourth-order valence-corrected chi connectivity index (χ4v) is 1.93. The summed E-state index contributed by atoms with van der Waals surface area (Å²) in [5, 5.41) is 3.97. The van der Waals surface area contributed by atoms with Crippen molar-refractivity contribution < 1.29 is 4.39 Å². The molecule has 0 aliphatic carbocycles. The summed E-state index contributed by atoms with van der Waals surface area (Å²) in [6.45, 7) is 3.16. The molecule has 0 radical (unpaired) electrons. The molecule has 1 nitrogen and oxygen atoms in total. The van der Waals surface area contributed by atoms with Crippen molar-refractivity contribution in [3.05, 3.63) is 70.0 Å². The minimum Gasteiger partial charge on any atom is -0.309 e. The van der Waals surface area contributed by atoms with Gasteiger partial charge in [-0.25, -0.2) is 4.39 Å². The SMILES string of the molecule is Cc1ccc(CNCc2ccccc2F)cc1Cl. The average molecular weight is 264 g/mol. The van der Waals surface area contributed by atoms with Gasteiger partial charge in [-0.05, 0) is 30.2 Å². The van der Waals surface area contributed by atoms with Crippen LogP contribution in [0.2, 0.25) is 5.02 Å². The summed E-state index contributed by atoms with van der Waals surface area (Å²) in [5.74, 6) is -0.174. The zero-order valence-corrected chi connectivity index (χ0v) is 11.0. The average Bonchev–Trinajstić information content (AvgIpc) is 2.36. The Kier molecular flexibility index (Phi) is 4.34. The summed E-state index contributed by atoms with van der Waals surface area (Å²) in [5.41, 5.74) is 2.84. The van der Waals surface area contributed by atoms with E-state index in [2.05, 4.69) is 5.32 Å². The molecule has 94 valence electrons. The maximum absolute atomic E-state index is 13.4. The van der Waals surface area contributed by atoms with Crippen LogP contribution in [0.25, 0.3) is 0 Å². The molecule has 1 N–H and O–H groups in total. The highest BCUT2D eigenvalue weighted by atomic mass is 35.5. The van der Waals surface area contributed by atoms with E-state index in [0.29, 0.717) is 18.7 Å². The van der Waals surface area contributed by atoms with Gasteiger partial charge in [0.15, 0.2) is 0 Å². The molecule has 0 bridgehead atoms. The van der Waals surface area contributed by atoms with Crippen molar-refractivity contribution in [2.45, 2.75) is 20.0 Å². The molecule has 0 atom stereocenters. The van der Waals surface area contributed by atoms with Gasteiger partial charge in [-0.15, -0.1) is 0 Å². The molecule has 2 aromatic rings. The third kappa shape index (κ3) is 3.31. The highest BCUT2D eigenvalue weighted by Crippen LogP contribution is 2.16. The molecule has 3 heteroatoms. The second kappa shape index (κ2) is 5.98. The molecule has 0 unspecified atom stereocenters.